The number of hydrogen-bond acceptors (Lipinski definition) is 2. The summed E-state index contributed by atoms with van der Waals surface area (Å²) in [5.41, 5.74) is 0.729. The summed E-state index contributed by atoms with van der Waals surface area (Å²) in [5, 5.41) is -0.979. The summed E-state index contributed by atoms with van der Waals surface area (Å²) in [6.07, 6.45) is 12.7. The summed E-state index contributed by atoms with van der Waals surface area (Å²) in [4.78, 5) is 0. The van der Waals surface area contributed by atoms with Gasteiger partial charge in [-0.15, -0.1) is 12.3 Å². The molecular formula is C17H18O3S. The van der Waals surface area contributed by atoms with Crippen LogP contribution in [0.1, 0.15) is 24.8 Å². The molecule has 1 N–H and O–H groups in total. The van der Waals surface area contributed by atoms with Gasteiger partial charge in [0.05, 0.1) is 0 Å². The Morgan fingerprint density at radius 3 is 2.33 bits per heavy atom. The van der Waals surface area contributed by atoms with Crippen LogP contribution in [0.15, 0.2) is 54.6 Å². The first-order chi connectivity index (χ1) is 9.87. The molecule has 0 heterocycles. The molecule has 3 nitrogen and oxygen atoms in total. The van der Waals surface area contributed by atoms with Crippen LogP contribution in [0.25, 0.3) is 0 Å². The molecule has 0 spiro atoms. The third-order valence-electron chi connectivity index (χ3n) is 3.91. The second-order valence-electron chi connectivity index (χ2n) is 5.44. The molecule has 0 saturated carbocycles. The summed E-state index contributed by atoms with van der Waals surface area (Å²) in [6.45, 7) is 2.01. The van der Waals surface area contributed by atoms with Gasteiger partial charge in [0.15, 0.2) is 0 Å². The fourth-order valence-electron chi connectivity index (χ4n) is 2.66. The molecule has 0 aliphatic heterocycles. The highest BCUT2D eigenvalue weighted by atomic mass is 32.2. The van der Waals surface area contributed by atoms with Crippen LogP contribution in [-0.2, 0) is 10.1 Å². The predicted octanol–water partition coefficient (Wildman–Crippen LogP) is 3.18. The molecular weight excluding hydrogens is 284 g/mol. The summed E-state index contributed by atoms with van der Waals surface area (Å²) < 4.78 is 31.5. The highest BCUT2D eigenvalue weighted by Gasteiger charge is 2.34. The molecule has 0 amide bonds. The van der Waals surface area contributed by atoms with Gasteiger partial charge in [-0.05, 0) is 5.56 Å². The van der Waals surface area contributed by atoms with E-state index in [1.165, 1.54) is 12.2 Å². The second-order valence-corrected chi connectivity index (χ2v) is 7.01. The van der Waals surface area contributed by atoms with Gasteiger partial charge in [0.25, 0.3) is 10.1 Å². The van der Waals surface area contributed by atoms with E-state index >= 15 is 0 Å². The van der Waals surface area contributed by atoms with Crippen molar-refractivity contribution in [2.45, 2.75) is 24.5 Å². The Morgan fingerprint density at radius 1 is 1.29 bits per heavy atom. The topological polar surface area (TPSA) is 54.4 Å². The van der Waals surface area contributed by atoms with Crippen molar-refractivity contribution in [3.05, 3.63) is 60.2 Å². The van der Waals surface area contributed by atoms with Crippen molar-refractivity contribution in [2.24, 2.45) is 5.41 Å². The summed E-state index contributed by atoms with van der Waals surface area (Å²) >= 11 is 0. The van der Waals surface area contributed by atoms with Crippen LogP contribution in [0.4, 0.5) is 0 Å². The lowest BCUT2D eigenvalue weighted by atomic mass is 9.70. The minimum absolute atomic E-state index is 0.0542. The molecule has 0 radical (unpaired) electrons. The molecule has 0 bridgehead atoms. The van der Waals surface area contributed by atoms with E-state index in [0.717, 1.165) is 5.56 Å². The fraction of sp³-hybridized carbons (Fsp3) is 0.294. The molecule has 2 rings (SSSR count). The van der Waals surface area contributed by atoms with Crippen LogP contribution in [0, 0.1) is 17.8 Å². The van der Waals surface area contributed by atoms with Crippen molar-refractivity contribution in [3.63, 3.8) is 0 Å². The molecule has 0 aromatic heterocycles. The smallest absolute Gasteiger partial charge is 0.275 e. The van der Waals surface area contributed by atoms with Crippen molar-refractivity contribution >= 4 is 10.1 Å². The van der Waals surface area contributed by atoms with Crippen molar-refractivity contribution < 1.29 is 13.0 Å². The minimum Gasteiger partial charge on any atom is -0.285 e. The van der Waals surface area contributed by atoms with Gasteiger partial charge in [-0.2, -0.15) is 8.42 Å². The molecule has 110 valence electrons. The Bertz CT molecular complexity index is 679. The first-order valence-corrected chi connectivity index (χ1v) is 8.20. The number of terminal acetylenes is 1. The van der Waals surface area contributed by atoms with E-state index in [-0.39, 0.29) is 11.3 Å². The average Bonchev–Trinajstić information content (AvgIpc) is 2.45. The quantitative estimate of drug-likeness (QED) is 0.528. The molecule has 1 aromatic rings. The monoisotopic (exact) mass is 302 g/mol. The normalized spacial score (nSPS) is 26.2. The maximum atomic E-state index is 11.2. The number of allylic oxidation sites excluding steroid dienone is 2. The van der Waals surface area contributed by atoms with Gasteiger partial charge in [-0.1, -0.05) is 61.6 Å². The first-order valence-electron chi connectivity index (χ1n) is 6.70. The minimum atomic E-state index is -4.09. The highest BCUT2D eigenvalue weighted by molar-refractivity contribution is 7.86. The Morgan fingerprint density at radius 2 is 1.86 bits per heavy atom. The largest absolute Gasteiger partial charge is 0.285 e. The Kier molecular flexibility index (Phi) is 4.36. The highest BCUT2D eigenvalue weighted by Crippen LogP contribution is 2.42. The lowest BCUT2D eigenvalue weighted by molar-refractivity contribution is 0.423. The Hall–Kier alpha value is -1.83. The predicted molar refractivity (Wildman–Crippen MR) is 84.4 cm³/mol. The van der Waals surface area contributed by atoms with E-state index in [2.05, 4.69) is 5.92 Å². The maximum absolute atomic E-state index is 11.2. The zero-order valence-electron chi connectivity index (χ0n) is 11.8. The zero-order valence-corrected chi connectivity index (χ0v) is 12.6. The molecule has 1 aromatic carbocycles. The number of benzene rings is 1. The van der Waals surface area contributed by atoms with Gasteiger partial charge in [-0.3, -0.25) is 4.55 Å². The average molecular weight is 302 g/mol. The molecule has 1 atom stereocenters. The van der Waals surface area contributed by atoms with Gasteiger partial charge in [0, 0.05) is 17.8 Å². The Balaban J connectivity index is 2.35. The van der Waals surface area contributed by atoms with Gasteiger partial charge >= 0.3 is 0 Å². The lowest BCUT2D eigenvalue weighted by Crippen LogP contribution is -2.27. The second kappa shape index (κ2) is 5.88. The van der Waals surface area contributed by atoms with Crippen LogP contribution < -0.4 is 0 Å². The van der Waals surface area contributed by atoms with Crippen molar-refractivity contribution in [1.29, 1.82) is 0 Å². The number of rotatable bonds is 4. The van der Waals surface area contributed by atoms with Crippen LogP contribution in [-0.4, -0.2) is 18.2 Å². The molecule has 4 heteroatoms. The van der Waals surface area contributed by atoms with E-state index in [4.69, 9.17) is 11.0 Å². The molecule has 1 unspecified atom stereocenters. The van der Waals surface area contributed by atoms with E-state index in [0.29, 0.717) is 6.42 Å². The summed E-state index contributed by atoms with van der Waals surface area (Å²) in [6, 6.07) is 9.90. The SMILES string of the molecule is C#CCC(c1ccccc1)C1(C)C=CC(S(=O)(=O)O)C=C1. The maximum Gasteiger partial charge on any atom is 0.275 e. The third-order valence-corrected chi connectivity index (χ3v) is 4.91. The molecule has 1 aliphatic rings. The molecule has 21 heavy (non-hydrogen) atoms. The van der Waals surface area contributed by atoms with Crippen LogP contribution >= 0.6 is 0 Å². The van der Waals surface area contributed by atoms with Crippen molar-refractivity contribution in [1.82, 2.24) is 0 Å². The van der Waals surface area contributed by atoms with E-state index < -0.39 is 15.4 Å². The van der Waals surface area contributed by atoms with E-state index in [1.807, 2.05) is 49.4 Å². The first kappa shape index (κ1) is 15.6. The standard InChI is InChI=1S/C17H18O3S/c1-3-7-16(14-8-5-4-6-9-14)17(2)12-10-15(11-13-17)21(18,19)20/h1,4-6,8-13,15-16H,7H2,2H3,(H,18,19,20). The molecule has 1 aliphatic carbocycles. The number of hydrogen-bond donors (Lipinski definition) is 1. The van der Waals surface area contributed by atoms with Crippen LogP contribution in [0.2, 0.25) is 0 Å². The van der Waals surface area contributed by atoms with Gasteiger partial charge in [0.2, 0.25) is 0 Å². The van der Waals surface area contributed by atoms with Crippen LogP contribution in [0.3, 0.4) is 0 Å². The van der Waals surface area contributed by atoms with E-state index in [1.54, 1.807) is 0 Å². The third kappa shape index (κ3) is 3.44. The summed E-state index contributed by atoms with van der Waals surface area (Å²) in [5.74, 6) is 2.75. The van der Waals surface area contributed by atoms with Crippen LogP contribution in [0.5, 0.6) is 0 Å². The van der Waals surface area contributed by atoms with Gasteiger partial charge < -0.3 is 0 Å². The van der Waals surface area contributed by atoms with Crippen molar-refractivity contribution in [3.8, 4) is 12.3 Å². The zero-order chi connectivity index (χ0) is 15.5. The Labute approximate surface area is 126 Å². The fourth-order valence-corrected chi connectivity index (χ4v) is 3.21. The lowest BCUT2D eigenvalue weighted by Gasteiger charge is -2.34. The summed E-state index contributed by atoms with van der Waals surface area (Å²) in [7, 11) is -4.09. The van der Waals surface area contributed by atoms with Gasteiger partial charge in [0.1, 0.15) is 5.25 Å². The van der Waals surface area contributed by atoms with Crippen molar-refractivity contribution in [2.75, 3.05) is 0 Å². The molecule has 0 fully saturated rings. The van der Waals surface area contributed by atoms with E-state index in [9.17, 15) is 8.42 Å². The molecule has 0 saturated heterocycles. The van der Waals surface area contributed by atoms with Gasteiger partial charge in [-0.25, -0.2) is 0 Å².